The summed E-state index contributed by atoms with van der Waals surface area (Å²) in [6, 6.07) is 25.0. The predicted octanol–water partition coefficient (Wildman–Crippen LogP) is 5.85. The summed E-state index contributed by atoms with van der Waals surface area (Å²) >= 11 is 2.39. The second-order valence-electron chi connectivity index (χ2n) is 5.25. The number of para-hydroxylation sites is 1. The Balaban J connectivity index is 1.90. The zero-order chi connectivity index (χ0) is 15.4. The summed E-state index contributed by atoms with van der Waals surface area (Å²) in [6.45, 7) is 2.70. The number of hydrogen-bond acceptors (Lipinski definition) is 1. The molecular weight excluding hydrogens is 383 g/mol. The van der Waals surface area contributed by atoms with Crippen molar-refractivity contribution in [2.75, 3.05) is 0 Å². The van der Waals surface area contributed by atoms with Gasteiger partial charge in [-0.2, -0.15) is 0 Å². The van der Waals surface area contributed by atoms with E-state index < -0.39 is 0 Å². The fourth-order valence-corrected chi connectivity index (χ4v) is 3.35. The summed E-state index contributed by atoms with van der Waals surface area (Å²) in [7, 11) is 0. The Morgan fingerprint density at radius 1 is 0.818 bits per heavy atom. The molecule has 0 radical (unpaired) electrons. The fraction of sp³-hybridized carbons (Fsp3) is 0.100. The molecule has 0 aliphatic heterocycles. The van der Waals surface area contributed by atoms with E-state index in [-0.39, 0.29) is 0 Å². The van der Waals surface area contributed by atoms with Crippen LogP contribution in [-0.2, 0) is 6.61 Å². The molecule has 0 saturated carbocycles. The van der Waals surface area contributed by atoms with E-state index in [4.69, 9.17) is 4.74 Å². The van der Waals surface area contributed by atoms with Gasteiger partial charge in [-0.3, -0.25) is 0 Å². The molecule has 2 heteroatoms. The van der Waals surface area contributed by atoms with E-state index in [2.05, 4.69) is 72.0 Å². The zero-order valence-electron chi connectivity index (χ0n) is 12.4. The van der Waals surface area contributed by atoms with E-state index in [9.17, 15) is 0 Å². The topological polar surface area (TPSA) is 9.23 Å². The molecule has 0 aliphatic rings. The molecule has 0 aliphatic carbocycles. The molecule has 0 saturated heterocycles. The van der Waals surface area contributed by atoms with Gasteiger partial charge in [-0.25, -0.2) is 0 Å². The zero-order valence-corrected chi connectivity index (χ0v) is 14.6. The largest absolute Gasteiger partial charge is 0.488 e. The third-order valence-corrected chi connectivity index (χ3v) is 4.43. The third kappa shape index (κ3) is 3.50. The number of halogens is 1. The van der Waals surface area contributed by atoms with Crippen LogP contribution in [0.3, 0.4) is 0 Å². The number of ether oxygens (including phenoxy) is 1. The highest BCUT2D eigenvalue weighted by molar-refractivity contribution is 14.1. The normalized spacial score (nSPS) is 10.5. The number of rotatable bonds is 4. The average molecular weight is 400 g/mol. The van der Waals surface area contributed by atoms with Crippen LogP contribution in [0.2, 0.25) is 0 Å². The molecule has 3 aromatic rings. The third-order valence-electron chi connectivity index (χ3n) is 3.54. The molecule has 22 heavy (non-hydrogen) atoms. The molecule has 0 unspecified atom stereocenters. The van der Waals surface area contributed by atoms with Crippen molar-refractivity contribution in [2.45, 2.75) is 13.5 Å². The molecule has 0 aromatic heterocycles. The fourth-order valence-electron chi connectivity index (χ4n) is 2.39. The lowest BCUT2D eigenvalue weighted by atomic mass is 10.0. The maximum atomic E-state index is 6.06. The van der Waals surface area contributed by atoms with Gasteiger partial charge in [0, 0.05) is 9.13 Å². The second-order valence-corrected chi connectivity index (χ2v) is 6.42. The first-order valence-corrected chi connectivity index (χ1v) is 8.34. The molecule has 0 atom stereocenters. The van der Waals surface area contributed by atoms with Gasteiger partial charge in [-0.15, -0.1) is 0 Å². The van der Waals surface area contributed by atoms with E-state index in [1.165, 1.54) is 20.3 Å². The Hall–Kier alpha value is -1.81. The van der Waals surface area contributed by atoms with Crippen molar-refractivity contribution in [2.24, 2.45) is 0 Å². The minimum absolute atomic E-state index is 0.584. The minimum atomic E-state index is 0.584. The standard InChI is InChI=1S/C20H17IO/c1-15-11-12-17(19(21)13-15)18-9-5-6-10-20(18)22-14-16-7-3-2-4-8-16/h2-13H,14H2,1H3. The molecule has 3 rings (SSSR count). The summed E-state index contributed by atoms with van der Waals surface area (Å²) < 4.78 is 7.30. The van der Waals surface area contributed by atoms with E-state index in [1.54, 1.807) is 0 Å². The van der Waals surface area contributed by atoms with Gasteiger partial charge in [0.25, 0.3) is 0 Å². The monoisotopic (exact) mass is 400 g/mol. The second kappa shape index (κ2) is 6.97. The summed E-state index contributed by atoms with van der Waals surface area (Å²) in [4.78, 5) is 0. The highest BCUT2D eigenvalue weighted by atomic mass is 127. The van der Waals surface area contributed by atoms with Crippen LogP contribution in [0.15, 0.2) is 72.8 Å². The van der Waals surface area contributed by atoms with Crippen molar-refractivity contribution in [1.82, 2.24) is 0 Å². The highest BCUT2D eigenvalue weighted by Crippen LogP contribution is 2.33. The first kappa shape index (κ1) is 15.1. The van der Waals surface area contributed by atoms with Crippen LogP contribution in [0.5, 0.6) is 5.75 Å². The lowest BCUT2D eigenvalue weighted by Gasteiger charge is -2.13. The van der Waals surface area contributed by atoms with Gasteiger partial charge in [0.15, 0.2) is 0 Å². The molecule has 0 bridgehead atoms. The first-order chi connectivity index (χ1) is 10.7. The molecule has 3 aromatic carbocycles. The Labute approximate surface area is 145 Å². The van der Waals surface area contributed by atoms with Crippen molar-refractivity contribution in [3.63, 3.8) is 0 Å². The lowest BCUT2D eigenvalue weighted by Crippen LogP contribution is -1.97. The Bertz CT molecular complexity index is 766. The SMILES string of the molecule is Cc1ccc(-c2ccccc2OCc2ccccc2)c(I)c1. The highest BCUT2D eigenvalue weighted by Gasteiger charge is 2.09. The summed E-state index contributed by atoms with van der Waals surface area (Å²) in [6.07, 6.45) is 0. The Morgan fingerprint density at radius 3 is 2.32 bits per heavy atom. The van der Waals surface area contributed by atoms with Gasteiger partial charge in [0.2, 0.25) is 0 Å². The van der Waals surface area contributed by atoms with Gasteiger partial charge in [-0.05, 0) is 52.8 Å². The molecular formula is C20H17IO. The van der Waals surface area contributed by atoms with Crippen LogP contribution in [-0.4, -0.2) is 0 Å². The first-order valence-electron chi connectivity index (χ1n) is 7.26. The summed E-state index contributed by atoms with van der Waals surface area (Å²) in [5.74, 6) is 0.924. The molecule has 0 heterocycles. The number of aryl methyl sites for hydroxylation is 1. The molecule has 110 valence electrons. The number of hydrogen-bond donors (Lipinski definition) is 0. The molecule has 0 spiro atoms. The Kier molecular flexibility index (Phi) is 4.78. The molecule has 0 N–H and O–H groups in total. The molecule has 1 nitrogen and oxygen atoms in total. The Morgan fingerprint density at radius 2 is 1.55 bits per heavy atom. The van der Waals surface area contributed by atoms with Crippen molar-refractivity contribution in [1.29, 1.82) is 0 Å². The maximum absolute atomic E-state index is 6.06. The van der Waals surface area contributed by atoms with Crippen molar-refractivity contribution in [3.8, 4) is 16.9 Å². The van der Waals surface area contributed by atoms with Gasteiger partial charge in [0.05, 0.1) is 0 Å². The van der Waals surface area contributed by atoms with Crippen molar-refractivity contribution >= 4 is 22.6 Å². The van der Waals surface area contributed by atoms with Gasteiger partial charge >= 0.3 is 0 Å². The summed E-state index contributed by atoms with van der Waals surface area (Å²) in [5, 5.41) is 0. The quantitative estimate of drug-likeness (QED) is 0.500. The summed E-state index contributed by atoms with van der Waals surface area (Å²) in [5.41, 5.74) is 4.81. The minimum Gasteiger partial charge on any atom is -0.488 e. The predicted molar refractivity (Wildman–Crippen MR) is 100 cm³/mol. The van der Waals surface area contributed by atoms with E-state index in [0.717, 1.165) is 11.3 Å². The van der Waals surface area contributed by atoms with E-state index >= 15 is 0 Å². The van der Waals surface area contributed by atoms with Crippen LogP contribution in [0.4, 0.5) is 0 Å². The molecule has 0 fully saturated rings. The van der Waals surface area contributed by atoms with Crippen LogP contribution in [0.25, 0.3) is 11.1 Å². The number of benzene rings is 3. The van der Waals surface area contributed by atoms with E-state index in [0.29, 0.717) is 6.61 Å². The smallest absolute Gasteiger partial charge is 0.127 e. The van der Waals surface area contributed by atoms with Gasteiger partial charge in [-0.1, -0.05) is 66.2 Å². The van der Waals surface area contributed by atoms with Crippen LogP contribution >= 0.6 is 22.6 Å². The van der Waals surface area contributed by atoms with Gasteiger partial charge in [0.1, 0.15) is 12.4 Å². The molecule has 0 amide bonds. The van der Waals surface area contributed by atoms with Crippen LogP contribution < -0.4 is 4.74 Å². The van der Waals surface area contributed by atoms with Crippen LogP contribution in [0.1, 0.15) is 11.1 Å². The van der Waals surface area contributed by atoms with Gasteiger partial charge < -0.3 is 4.74 Å². The van der Waals surface area contributed by atoms with Crippen molar-refractivity contribution < 1.29 is 4.74 Å². The van der Waals surface area contributed by atoms with Crippen molar-refractivity contribution in [3.05, 3.63) is 87.5 Å². The van der Waals surface area contributed by atoms with Crippen LogP contribution in [0, 0.1) is 10.5 Å². The maximum Gasteiger partial charge on any atom is 0.127 e. The average Bonchev–Trinajstić information content (AvgIpc) is 2.54. The van der Waals surface area contributed by atoms with E-state index in [1.807, 2.05) is 30.3 Å². The lowest BCUT2D eigenvalue weighted by molar-refractivity contribution is 0.307.